The van der Waals surface area contributed by atoms with Gasteiger partial charge in [0.05, 0.1) is 20.6 Å². The maximum Gasteiger partial charge on any atom is 0.417 e. The van der Waals surface area contributed by atoms with Gasteiger partial charge in [-0.05, 0) is 36.4 Å². The monoisotopic (exact) mass is 465 g/mol. The van der Waals surface area contributed by atoms with E-state index in [0.29, 0.717) is 11.6 Å². The fraction of sp³-hybridized carbons (Fsp3) is 0.250. The lowest BCUT2D eigenvalue weighted by Crippen LogP contribution is -2.54. The lowest BCUT2D eigenvalue weighted by Gasteiger charge is -2.42. The minimum Gasteiger partial charge on any atom is -0.299 e. The molecule has 0 unspecified atom stereocenters. The van der Waals surface area contributed by atoms with Crippen LogP contribution >= 0.6 is 34.8 Å². The Kier molecular flexibility index (Phi) is 6.03. The Morgan fingerprint density at radius 2 is 1.55 bits per heavy atom. The van der Waals surface area contributed by atoms with Crippen LogP contribution in [0.25, 0.3) is 5.57 Å². The first-order valence-corrected chi connectivity index (χ1v) is 9.50. The molecule has 1 aliphatic rings. The first-order valence-electron chi connectivity index (χ1n) is 8.37. The summed E-state index contributed by atoms with van der Waals surface area (Å²) in [6.45, 7) is 0.438. The largest absolute Gasteiger partial charge is 0.417 e. The summed E-state index contributed by atoms with van der Waals surface area (Å²) in [4.78, 5) is 14.2. The number of halogens is 7. The Bertz CT molecular complexity index is 957. The molecular formula is C20H14Cl3F4NO. The highest BCUT2D eigenvalue weighted by molar-refractivity contribution is 6.48. The minimum atomic E-state index is -4.84. The van der Waals surface area contributed by atoms with Crippen molar-refractivity contribution < 1.29 is 22.4 Å². The summed E-state index contributed by atoms with van der Waals surface area (Å²) >= 11 is 17.4. The van der Waals surface area contributed by atoms with Gasteiger partial charge in [-0.3, -0.25) is 9.69 Å². The SMILES string of the molecule is CN1CC(F)(c2ccc(C(=O)C=C(c3cc(Cl)c(Cl)c(Cl)c3)C(F)(F)F)cc2)C1. The summed E-state index contributed by atoms with van der Waals surface area (Å²) < 4.78 is 55.3. The van der Waals surface area contributed by atoms with Gasteiger partial charge < -0.3 is 0 Å². The molecule has 29 heavy (non-hydrogen) atoms. The van der Waals surface area contributed by atoms with Crippen molar-refractivity contribution in [2.24, 2.45) is 0 Å². The molecule has 1 saturated heterocycles. The smallest absolute Gasteiger partial charge is 0.299 e. The predicted molar refractivity (Wildman–Crippen MR) is 107 cm³/mol. The van der Waals surface area contributed by atoms with Gasteiger partial charge in [0.15, 0.2) is 11.5 Å². The zero-order chi connectivity index (χ0) is 21.6. The number of carbonyl (C=O) groups excluding carboxylic acids is 1. The van der Waals surface area contributed by atoms with Crippen LogP contribution < -0.4 is 0 Å². The average molecular weight is 467 g/mol. The molecule has 0 aliphatic carbocycles. The lowest BCUT2D eigenvalue weighted by molar-refractivity contribution is -0.0689. The van der Waals surface area contributed by atoms with E-state index >= 15 is 0 Å². The van der Waals surface area contributed by atoms with Crippen LogP contribution in [0.5, 0.6) is 0 Å². The molecule has 154 valence electrons. The molecular weight excluding hydrogens is 453 g/mol. The van der Waals surface area contributed by atoms with Crippen LogP contribution in [0.15, 0.2) is 42.5 Å². The molecule has 0 amide bonds. The zero-order valence-corrected chi connectivity index (χ0v) is 17.2. The summed E-state index contributed by atoms with van der Waals surface area (Å²) in [5.41, 5.74) is -2.74. The molecule has 1 heterocycles. The topological polar surface area (TPSA) is 20.3 Å². The molecule has 9 heteroatoms. The molecule has 0 saturated carbocycles. The maximum absolute atomic E-state index is 14.6. The second-order valence-corrected chi connectivity index (χ2v) is 8.08. The summed E-state index contributed by atoms with van der Waals surface area (Å²) in [5, 5.41) is -0.415. The van der Waals surface area contributed by atoms with Gasteiger partial charge in [-0.15, -0.1) is 0 Å². The quantitative estimate of drug-likeness (QED) is 0.219. The number of allylic oxidation sites excluding steroid dienone is 2. The van der Waals surface area contributed by atoms with Crippen molar-refractivity contribution in [1.82, 2.24) is 4.90 Å². The van der Waals surface area contributed by atoms with Crippen LogP contribution in [-0.2, 0) is 5.67 Å². The number of benzene rings is 2. The van der Waals surface area contributed by atoms with Crippen LogP contribution in [0.3, 0.4) is 0 Å². The van der Waals surface area contributed by atoms with Crippen LogP contribution in [0.1, 0.15) is 21.5 Å². The van der Waals surface area contributed by atoms with Crippen LogP contribution in [0, 0.1) is 0 Å². The molecule has 0 atom stereocenters. The van der Waals surface area contributed by atoms with E-state index in [1.807, 2.05) is 0 Å². The first kappa shape index (κ1) is 22.1. The fourth-order valence-electron chi connectivity index (χ4n) is 3.18. The minimum absolute atomic E-state index is 0.00191. The number of likely N-dealkylation sites (N-methyl/N-ethyl adjacent to an activating group) is 1. The Morgan fingerprint density at radius 1 is 1.03 bits per heavy atom. The van der Waals surface area contributed by atoms with Crippen molar-refractivity contribution in [3.63, 3.8) is 0 Å². The van der Waals surface area contributed by atoms with E-state index in [4.69, 9.17) is 34.8 Å². The number of carbonyl (C=O) groups is 1. The van der Waals surface area contributed by atoms with E-state index in [0.717, 1.165) is 12.1 Å². The van der Waals surface area contributed by atoms with Crippen molar-refractivity contribution in [3.8, 4) is 0 Å². The van der Waals surface area contributed by atoms with E-state index in [9.17, 15) is 22.4 Å². The maximum atomic E-state index is 14.6. The van der Waals surface area contributed by atoms with Gasteiger partial charge in [-0.1, -0.05) is 59.1 Å². The van der Waals surface area contributed by atoms with Gasteiger partial charge in [0.1, 0.15) is 0 Å². The van der Waals surface area contributed by atoms with Crippen molar-refractivity contribution >= 4 is 46.2 Å². The van der Waals surface area contributed by atoms with Gasteiger partial charge in [-0.25, -0.2) is 4.39 Å². The van der Waals surface area contributed by atoms with Crippen molar-refractivity contribution in [2.75, 3.05) is 20.1 Å². The first-order chi connectivity index (χ1) is 13.4. The van der Waals surface area contributed by atoms with E-state index in [1.165, 1.54) is 24.3 Å². The number of nitrogens with zero attached hydrogens (tertiary/aromatic N) is 1. The number of ketones is 1. The number of hydrogen-bond donors (Lipinski definition) is 0. The number of likely N-dealkylation sites (tertiary alicyclic amines) is 1. The Labute approximate surface area is 179 Å². The molecule has 3 rings (SSSR count). The molecule has 2 nitrogen and oxygen atoms in total. The Morgan fingerprint density at radius 3 is 2.00 bits per heavy atom. The van der Waals surface area contributed by atoms with Crippen molar-refractivity contribution in [3.05, 3.63) is 74.2 Å². The second-order valence-electron chi connectivity index (χ2n) is 6.89. The van der Waals surface area contributed by atoms with Gasteiger partial charge >= 0.3 is 6.18 Å². The van der Waals surface area contributed by atoms with Gasteiger partial charge in [0.2, 0.25) is 0 Å². The highest BCUT2D eigenvalue weighted by Crippen LogP contribution is 2.40. The molecule has 0 bridgehead atoms. The number of hydrogen-bond acceptors (Lipinski definition) is 2. The predicted octanol–water partition coefficient (Wildman–Crippen LogP) is 6.59. The Hall–Kier alpha value is -1.60. The molecule has 1 fully saturated rings. The third kappa shape index (κ3) is 4.61. The summed E-state index contributed by atoms with van der Waals surface area (Å²) in [7, 11) is 1.77. The van der Waals surface area contributed by atoms with Crippen molar-refractivity contribution in [1.29, 1.82) is 0 Å². The molecule has 0 radical (unpaired) electrons. The normalized spacial score (nSPS) is 17.2. The number of alkyl halides is 4. The fourth-order valence-corrected chi connectivity index (χ4v) is 3.78. The number of rotatable bonds is 4. The molecule has 0 spiro atoms. The molecule has 1 aliphatic heterocycles. The zero-order valence-electron chi connectivity index (χ0n) is 15.0. The highest BCUT2D eigenvalue weighted by Gasteiger charge is 2.43. The molecule has 2 aromatic rings. The highest BCUT2D eigenvalue weighted by atomic mass is 35.5. The summed E-state index contributed by atoms with van der Waals surface area (Å²) in [5.74, 6) is -0.885. The average Bonchev–Trinajstić information content (AvgIpc) is 2.61. The second kappa shape index (κ2) is 7.91. The molecule has 2 aromatic carbocycles. The van der Waals surface area contributed by atoms with Crippen LogP contribution in [0.4, 0.5) is 17.6 Å². The molecule has 0 N–H and O–H groups in total. The van der Waals surface area contributed by atoms with E-state index in [2.05, 4.69) is 0 Å². The van der Waals surface area contributed by atoms with Crippen molar-refractivity contribution in [2.45, 2.75) is 11.8 Å². The third-order valence-electron chi connectivity index (χ3n) is 4.60. The van der Waals surface area contributed by atoms with Gasteiger partial charge in [-0.2, -0.15) is 13.2 Å². The van der Waals surface area contributed by atoms with Gasteiger partial charge in [0.25, 0.3) is 0 Å². The standard InChI is InChI=1S/C20H14Cl3F4NO/c1-28-9-19(24,10-28)13-4-2-11(3-5-13)17(29)8-14(20(25,26)27)12-6-15(21)18(23)16(22)7-12/h2-8H,9-10H2,1H3. The van der Waals surface area contributed by atoms with E-state index < -0.39 is 23.2 Å². The summed E-state index contributed by atoms with van der Waals surface area (Å²) in [6, 6.07) is 7.43. The van der Waals surface area contributed by atoms with Gasteiger partial charge in [0, 0.05) is 18.7 Å². The third-order valence-corrected chi connectivity index (χ3v) is 5.80. The Balaban J connectivity index is 1.93. The molecule has 0 aromatic heterocycles. The lowest BCUT2D eigenvalue weighted by atomic mass is 9.87. The summed E-state index contributed by atoms with van der Waals surface area (Å²) in [6.07, 6.45) is -4.37. The van der Waals surface area contributed by atoms with E-state index in [-0.39, 0.29) is 39.3 Å². The van der Waals surface area contributed by atoms with Crippen LogP contribution in [0.2, 0.25) is 15.1 Å². The van der Waals surface area contributed by atoms with E-state index in [1.54, 1.807) is 11.9 Å². The van der Waals surface area contributed by atoms with Crippen LogP contribution in [-0.4, -0.2) is 37.0 Å².